The van der Waals surface area contributed by atoms with Crippen LogP contribution in [0.4, 0.5) is 0 Å². The van der Waals surface area contributed by atoms with Gasteiger partial charge in [0.15, 0.2) is 0 Å². The van der Waals surface area contributed by atoms with Gasteiger partial charge in [-0.05, 0) is 26.1 Å². The van der Waals surface area contributed by atoms with Crippen LogP contribution in [0.5, 0.6) is 11.5 Å². The van der Waals surface area contributed by atoms with Gasteiger partial charge in [0.25, 0.3) is 0 Å². The molecular weight excluding hydrogens is 238 g/mol. The van der Waals surface area contributed by atoms with Crippen molar-refractivity contribution in [2.45, 2.75) is 20.1 Å². The summed E-state index contributed by atoms with van der Waals surface area (Å²) in [7, 11) is 1.90. The van der Waals surface area contributed by atoms with E-state index in [4.69, 9.17) is 4.74 Å². The van der Waals surface area contributed by atoms with E-state index in [1.165, 1.54) is 0 Å². The molecule has 0 atom stereocenters. The van der Waals surface area contributed by atoms with Crippen LogP contribution < -0.4 is 10.1 Å². The molecule has 100 valence electrons. The Balaban J connectivity index is 2.30. The lowest BCUT2D eigenvalue weighted by Crippen LogP contribution is -2.06. The number of rotatable bonds is 5. The highest BCUT2D eigenvalue weighted by atomic mass is 16.5. The van der Waals surface area contributed by atoms with Gasteiger partial charge in [-0.15, -0.1) is 0 Å². The molecule has 2 rings (SSSR count). The van der Waals surface area contributed by atoms with E-state index in [1.807, 2.05) is 56.4 Å². The number of aliphatic hydroxyl groups is 1. The van der Waals surface area contributed by atoms with Gasteiger partial charge in [0.2, 0.25) is 0 Å². The normalized spacial score (nSPS) is 10.5. The Morgan fingerprint density at radius 1 is 1.05 bits per heavy atom. The third-order valence-corrected chi connectivity index (χ3v) is 2.95. The van der Waals surface area contributed by atoms with Crippen LogP contribution in [0.25, 0.3) is 0 Å². The summed E-state index contributed by atoms with van der Waals surface area (Å²) in [6.07, 6.45) is 0. The maximum absolute atomic E-state index is 9.40. The fraction of sp³-hybridized carbons (Fsp3) is 0.250. The minimum atomic E-state index is -0.0226. The van der Waals surface area contributed by atoms with Gasteiger partial charge in [-0.3, -0.25) is 0 Å². The molecule has 0 heterocycles. The van der Waals surface area contributed by atoms with Gasteiger partial charge in [0.1, 0.15) is 11.5 Å². The number of benzene rings is 2. The van der Waals surface area contributed by atoms with Gasteiger partial charge in [-0.25, -0.2) is 0 Å². The lowest BCUT2D eigenvalue weighted by molar-refractivity contribution is 0.276. The molecule has 0 aromatic heterocycles. The van der Waals surface area contributed by atoms with E-state index >= 15 is 0 Å². The fourth-order valence-corrected chi connectivity index (χ4v) is 1.99. The zero-order chi connectivity index (χ0) is 13.7. The second-order valence-corrected chi connectivity index (χ2v) is 4.51. The molecule has 3 nitrogen and oxygen atoms in total. The van der Waals surface area contributed by atoms with E-state index in [9.17, 15) is 5.11 Å². The molecule has 19 heavy (non-hydrogen) atoms. The topological polar surface area (TPSA) is 41.5 Å². The zero-order valence-electron chi connectivity index (χ0n) is 11.3. The van der Waals surface area contributed by atoms with Crippen LogP contribution in [0.2, 0.25) is 0 Å². The molecule has 2 N–H and O–H groups in total. The zero-order valence-corrected chi connectivity index (χ0v) is 11.3. The summed E-state index contributed by atoms with van der Waals surface area (Å²) in [5.41, 5.74) is 3.01. The molecule has 0 saturated carbocycles. The molecule has 0 bridgehead atoms. The predicted molar refractivity (Wildman–Crippen MR) is 76.4 cm³/mol. The minimum absolute atomic E-state index is 0.0226. The number of aryl methyl sites for hydroxylation is 1. The molecule has 0 spiro atoms. The van der Waals surface area contributed by atoms with Crippen molar-refractivity contribution >= 4 is 0 Å². The monoisotopic (exact) mass is 257 g/mol. The summed E-state index contributed by atoms with van der Waals surface area (Å²) in [5.74, 6) is 1.52. The van der Waals surface area contributed by atoms with Gasteiger partial charge >= 0.3 is 0 Å². The summed E-state index contributed by atoms with van der Waals surface area (Å²) in [6.45, 7) is 2.72. The average Bonchev–Trinajstić information content (AvgIpc) is 2.43. The molecule has 0 saturated heterocycles. The first kappa shape index (κ1) is 13.6. The standard InChI is InChI=1S/C16H19NO2/c1-12-7-8-16(14(9-12)11-18)19-15-6-4-3-5-13(15)10-17-2/h3-9,17-18H,10-11H2,1-2H3. The van der Waals surface area contributed by atoms with Gasteiger partial charge in [-0.1, -0.05) is 35.9 Å². The summed E-state index contributed by atoms with van der Waals surface area (Å²) >= 11 is 0. The molecule has 3 heteroatoms. The van der Waals surface area contributed by atoms with Crippen LogP contribution in [0.1, 0.15) is 16.7 Å². The average molecular weight is 257 g/mol. The van der Waals surface area contributed by atoms with E-state index < -0.39 is 0 Å². The first-order chi connectivity index (χ1) is 9.24. The van der Waals surface area contributed by atoms with Crippen LogP contribution in [-0.2, 0) is 13.2 Å². The highest BCUT2D eigenvalue weighted by Crippen LogP contribution is 2.28. The molecule has 0 aliphatic carbocycles. The van der Waals surface area contributed by atoms with E-state index in [0.29, 0.717) is 5.75 Å². The quantitative estimate of drug-likeness (QED) is 0.865. The van der Waals surface area contributed by atoms with E-state index in [0.717, 1.165) is 29.0 Å². The van der Waals surface area contributed by atoms with Crippen molar-refractivity contribution in [3.8, 4) is 11.5 Å². The van der Waals surface area contributed by atoms with Crippen LogP contribution in [0.15, 0.2) is 42.5 Å². The second-order valence-electron chi connectivity index (χ2n) is 4.51. The lowest BCUT2D eigenvalue weighted by atomic mass is 10.1. The third-order valence-electron chi connectivity index (χ3n) is 2.95. The Morgan fingerprint density at radius 2 is 1.79 bits per heavy atom. The van der Waals surface area contributed by atoms with E-state index in [-0.39, 0.29) is 6.61 Å². The summed E-state index contributed by atoms with van der Waals surface area (Å²) in [4.78, 5) is 0. The van der Waals surface area contributed by atoms with Crippen molar-refractivity contribution in [1.29, 1.82) is 0 Å². The van der Waals surface area contributed by atoms with Crippen molar-refractivity contribution in [2.75, 3.05) is 7.05 Å². The first-order valence-corrected chi connectivity index (χ1v) is 6.35. The molecule has 0 radical (unpaired) electrons. The van der Waals surface area contributed by atoms with Gasteiger partial charge in [-0.2, -0.15) is 0 Å². The number of para-hydroxylation sites is 1. The molecule has 0 unspecified atom stereocenters. The predicted octanol–water partition coefficient (Wildman–Crippen LogP) is 3.00. The van der Waals surface area contributed by atoms with Crippen molar-refractivity contribution in [3.05, 3.63) is 59.2 Å². The summed E-state index contributed by atoms with van der Waals surface area (Å²) in [5, 5.41) is 12.5. The van der Waals surface area contributed by atoms with E-state index in [1.54, 1.807) is 0 Å². The van der Waals surface area contributed by atoms with Crippen molar-refractivity contribution < 1.29 is 9.84 Å². The maximum Gasteiger partial charge on any atom is 0.132 e. The second kappa shape index (κ2) is 6.36. The van der Waals surface area contributed by atoms with Gasteiger partial charge in [0, 0.05) is 17.7 Å². The number of hydrogen-bond donors (Lipinski definition) is 2. The molecule has 0 fully saturated rings. The van der Waals surface area contributed by atoms with Crippen molar-refractivity contribution in [1.82, 2.24) is 5.32 Å². The molecule has 0 amide bonds. The van der Waals surface area contributed by atoms with Crippen LogP contribution in [0, 0.1) is 6.92 Å². The first-order valence-electron chi connectivity index (χ1n) is 6.35. The summed E-state index contributed by atoms with van der Waals surface area (Å²) in [6, 6.07) is 13.7. The highest BCUT2D eigenvalue weighted by Gasteiger charge is 2.07. The Labute approximate surface area is 113 Å². The Hall–Kier alpha value is -1.84. The molecule has 2 aromatic rings. The van der Waals surface area contributed by atoms with Crippen molar-refractivity contribution in [2.24, 2.45) is 0 Å². The van der Waals surface area contributed by atoms with Crippen LogP contribution in [0.3, 0.4) is 0 Å². The highest BCUT2D eigenvalue weighted by molar-refractivity contribution is 5.42. The maximum atomic E-state index is 9.40. The number of ether oxygens (including phenoxy) is 1. The van der Waals surface area contributed by atoms with Crippen LogP contribution >= 0.6 is 0 Å². The number of aliphatic hydroxyl groups excluding tert-OH is 1. The fourth-order valence-electron chi connectivity index (χ4n) is 1.99. The van der Waals surface area contributed by atoms with E-state index in [2.05, 4.69) is 5.32 Å². The lowest BCUT2D eigenvalue weighted by Gasteiger charge is -2.13. The van der Waals surface area contributed by atoms with Crippen LogP contribution in [-0.4, -0.2) is 12.2 Å². The van der Waals surface area contributed by atoms with Gasteiger partial charge in [0.05, 0.1) is 6.61 Å². The molecule has 2 aromatic carbocycles. The minimum Gasteiger partial charge on any atom is -0.457 e. The molecule has 0 aliphatic rings. The largest absolute Gasteiger partial charge is 0.457 e. The van der Waals surface area contributed by atoms with Crippen molar-refractivity contribution in [3.63, 3.8) is 0 Å². The third kappa shape index (κ3) is 3.34. The number of nitrogens with one attached hydrogen (secondary N) is 1. The Morgan fingerprint density at radius 3 is 2.53 bits per heavy atom. The smallest absolute Gasteiger partial charge is 0.132 e. The molecule has 0 aliphatic heterocycles. The Kier molecular flexibility index (Phi) is 4.55. The Bertz CT molecular complexity index is 552. The number of hydrogen-bond acceptors (Lipinski definition) is 3. The SMILES string of the molecule is CNCc1ccccc1Oc1ccc(C)cc1CO. The summed E-state index contributed by atoms with van der Waals surface area (Å²) < 4.78 is 5.94. The van der Waals surface area contributed by atoms with Gasteiger partial charge < -0.3 is 15.2 Å². The molecular formula is C16H19NO2.